The van der Waals surface area contributed by atoms with Crippen LogP contribution >= 0.6 is 0 Å². The number of aliphatic carboxylic acids is 1. The van der Waals surface area contributed by atoms with Gasteiger partial charge in [0.2, 0.25) is 0 Å². The third-order valence-electron chi connectivity index (χ3n) is 3.89. The lowest BCUT2D eigenvalue weighted by Crippen LogP contribution is -2.00. The minimum atomic E-state index is -0.763. The molecule has 122 valence electrons. The third kappa shape index (κ3) is 7.96. The molecule has 0 saturated heterocycles. The first kappa shape index (κ1) is 18.4. The van der Waals surface area contributed by atoms with Gasteiger partial charge in [-0.2, -0.15) is 0 Å². The van der Waals surface area contributed by atoms with E-state index in [0.29, 0.717) is 12.8 Å². The number of Topliss-reactive ketones (excluding diaryl/α,β-unsaturated/α-hetero) is 1. The van der Waals surface area contributed by atoms with Gasteiger partial charge in [0.05, 0.1) is 0 Å². The number of unbranched alkanes of at least 4 members (excludes halogenated alkanes) is 5. The van der Waals surface area contributed by atoms with Crippen molar-refractivity contribution in [3.63, 3.8) is 0 Å². The fourth-order valence-electron chi connectivity index (χ4n) is 2.50. The summed E-state index contributed by atoms with van der Waals surface area (Å²) in [6, 6.07) is 7.97. The molecule has 0 fully saturated rings. The highest BCUT2D eigenvalue weighted by Gasteiger charge is 2.06. The van der Waals surface area contributed by atoms with E-state index < -0.39 is 5.97 Å². The molecule has 3 heteroatoms. The molecular formula is C19H28O3. The number of hydrogen-bond acceptors (Lipinski definition) is 2. The molecule has 0 bridgehead atoms. The molecule has 1 aromatic rings. The molecule has 0 unspecified atom stereocenters. The van der Waals surface area contributed by atoms with Gasteiger partial charge in [0.15, 0.2) is 5.78 Å². The SMILES string of the molecule is CCCCCCc1ccc(C(=O)CCCCCC(=O)O)cc1. The maximum absolute atomic E-state index is 12.0. The molecule has 0 spiro atoms. The van der Waals surface area contributed by atoms with Crippen LogP contribution in [0.5, 0.6) is 0 Å². The van der Waals surface area contributed by atoms with E-state index in [0.717, 1.165) is 24.8 Å². The molecule has 3 nitrogen and oxygen atoms in total. The van der Waals surface area contributed by atoms with Gasteiger partial charge in [-0.25, -0.2) is 0 Å². The molecule has 1 N–H and O–H groups in total. The van der Waals surface area contributed by atoms with Gasteiger partial charge in [-0.05, 0) is 31.2 Å². The number of hydrogen-bond donors (Lipinski definition) is 1. The van der Waals surface area contributed by atoms with Crippen molar-refractivity contribution < 1.29 is 14.7 Å². The molecule has 0 amide bonds. The Labute approximate surface area is 133 Å². The number of rotatable bonds is 12. The standard InChI is InChI=1S/C19H28O3/c1-2-3-4-6-9-16-12-14-17(15-13-16)18(20)10-7-5-8-11-19(21)22/h12-15H,2-11H2,1H3,(H,21,22). The van der Waals surface area contributed by atoms with Crippen molar-refractivity contribution in [1.29, 1.82) is 0 Å². The molecular weight excluding hydrogens is 276 g/mol. The second-order valence-corrected chi connectivity index (χ2v) is 5.89. The summed E-state index contributed by atoms with van der Waals surface area (Å²) < 4.78 is 0. The summed E-state index contributed by atoms with van der Waals surface area (Å²) in [4.78, 5) is 22.4. The van der Waals surface area contributed by atoms with Gasteiger partial charge in [0.25, 0.3) is 0 Å². The maximum atomic E-state index is 12.0. The maximum Gasteiger partial charge on any atom is 0.303 e. The first-order valence-electron chi connectivity index (χ1n) is 8.47. The Balaban J connectivity index is 2.26. The van der Waals surface area contributed by atoms with Crippen molar-refractivity contribution in [2.24, 2.45) is 0 Å². The summed E-state index contributed by atoms with van der Waals surface area (Å²) in [5.41, 5.74) is 2.07. The quantitative estimate of drug-likeness (QED) is 0.435. The van der Waals surface area contributed by atoms with E-state index in [9.17, 15) is 9.59 Å². The van der Waals surface area contributed by atoms with E-state index in [2.05, 4.69) is 19.1 Å². The Bertz CT molecular complexity index is 448. The molecule has 1 rings (SSSR count). The molecule has 0 atom stereocenters. The lowest BCUT2D eigenvalue weighted by Gasteiger charge is -2.04. The fraction of sp³-hybridized carbons (Fsp3) is 0.579. The number of benzene rings is 1. The summed E-state index contributed by atoms with van der Waals surface area (Å²) in [7, 11) is 0. The van der Waals surface area contributed by atoms with Crippen LogP contribution in [0.25, 0.3) is 0 Å². The van der Waals surface area contributed by atoms with Crippen LogP contribution in [0, 0.1) is 0 Å². The first-order chi connectivity index (χ1) is 10.6. The van der Waals surface area contributed by atoms with E-state index in [4.69, 9.17) is 5.11 Å². The highest BCUT2D eigenvalue weighted by atomic mass is 16.4. The van der Waals surface area contributed by atoms with E-state index >= 15 is 0 Å². The molecule has 0 aliphatic heterocycles. The highest BCUT2D eigenvalue weighted by molar-refractivity contribution is 5.96. The van der Waals surface area contributed by atoms with Crippen LogP contribution in [0.15, 0.2) is 24.3 Å². The molecule has 1 aromatic carbocycles. The number of aryl methyl sites for hydroxylation is 1. The third-order valence-corrected chi connectivity index (χ3v) is 3.89. The van der Waals surface area contributed by atoms with Crippen LogP contribution in [0.1, 0.15) is 80.6 Å². The fourth-order valence-corrected chi connectivity index (χ4v) is 2.50. The lowest BCUT2D eigenvalue weighted by molar-refractivity contribution is -0.137. The smallest absolute Gasteiger partial charge is 0.303 e. The Morgan fingerprint density at radius 1 is 0.864 bits per heavy atom. The normalized spacial score (nSPS) is 10.6. The zero-order chi connectivity index (χ0) is 16.2. The average Bonchev–Trinajstić information content (AvgIpc) is 2.51. The minimum Gasteiger partial charge on any atom is -0.481 e. The molecule has 0 heterocycles. The topological polar surface area (TPSA) is 54.4 Å². The van der Waals surface area contributed by atoms with Crippen LogP contribution in [0.2, 0.25) is 0 Å². The van der Waals surface area contributed by atoms with Gasteiger partial charge in [-0.1, -0.05) is 56.9 Å². The highest BCUT2D eigenvalue weighted by Crippen LogP contribution is 2.13. The predicted octanol–water partition coefficient (Wildman–Crippen LogP) is 5.03. The van der Waals surface area contributed by atoms with E-state index in [1.807, 2.05) is 12.1 Å². The predicted molar refractivity (Wildman–Crippen MR) is 89.3 cm³/mol. The summed E-state index contributed by atoms with van der Waals surface area (Å²) in [6.07, 6.45) is 9.04. The van der Waals surface area contributed by atoms with Crippen LogP contribution in [0.3, 0.4) is 0 Å². The van der Waals surface area contributed by atoms with Crippen LogP contribution < -0.4 is 0 Å². The molecule has 22 heavy (non-hydrogen) atoms. The van der Waals surface area contributed by atoms with Crippen LogP contribution in [-0.2, 0) is 11.2 Å². The van der Waals surface area contributed by atoms with Gasteiger partial charge < -0.3 is 5.11 Å². The zero-order valence-electron chi connectivity index (χ0n) is 13.6. The van der Waals surface area contributed by atoms with Crippen LogP contribution in [-0.4, -0.2) is 16.9 Å². The van der Waals surface area contributed by atoms with Crippen LogP contribution in [0.4, 0.5) is 0 Å². The van der Waals surface area contributed by atoms with Crippen molar-refractivity contribution in [2.75, 3.05) is 0 Å². The van der Waals surface area contributed by atoms with E-state index in [1.165, 1.54) is 31.2 Å². The number of carboxylic acids is 1. The van der Waals surface area contributed by atoms with Crippen molar-refractivity contribution in [3.8, 4) is 0 Å². The Kier molecular flexibility index (Phi) is 9.20. The Morgan fingerprint density at radius 3 is 2.14 bits per heavy atom. The number of ketones is 1. The summed E-state index contributed by atoms with van der Waals surface area (Å²) in [6.45, 7) is 2.21. The van der Waals surface area contributed by atoms with Gasteiger partial charge in [-0.3, -0.25) is 9.59 Å². The number of carboxylic acid groups (broad SMARTS) is 1. The number of carbonyl (C=O) groups is 2. The zero-order valence-corrected chi connectivity index (χ0v) is 13.6. The molecule has 0 aromatic heterocycles. The second kappa shape index (κ2) is 11.0. The largest absolute Gasteiger partial charge is 0.481 e. The van der Waals surface area contributed by atoms with Crippen molar-refractivity contribution in [1.82, 2.24) is 0 Å². The van der Waals surface area contributed by atoms with Crippen molar-refractivity contribution in [3.05, 3.63) is 35.4 Å². The monoisotopic (exact) mass is 304 g/mol. The Hall–Kier alpha value is -1.64. The molecule has 0 saturated carbocycles. The molecule has 0 aliphatic carbocycles. The van der Waals surface area contributed by atoms with Gasteiger partial charge in [0, 0.05) is 18.4 Å². The lowest BCUT2D eigenvalue weighted by atomic mass is 10.0. The Morgan fingerprint density at radius 2 is 1.50 bits per heavy atom. The van der Waals surface area contributed by atoms with Crippen molar-refractivity contribution in [2.45, 2.75) is 71.1 Å². The van der Waals surface area contributed by atoms with Gasteiger partial charge in [0.1, 0.15) is 0 Å². The molecule has 0 radical (unpaired) electrons. The van der Waals surface area contributed by atoms with E-state index in [-0.39, 0.29) is 12.2 Å². The second-order valence-electron chi connectivity index (χ2n) is 5.89. The van der Waals surface area contributed by atoms with Gasteiger partial charge >= 0.3 is 5.97 Å². The summed E-state index contributed by atoms with van der Waals surface area (Å²) in [5.74, 6) is -0.603. The first-order valence-corrected chi connectivity index (χ1v) is 8.47. The minimum absolute atomic E-state index is 0.160. The number of carbonyl (C=O) groups excluding carboxylic acids is 1. The summed E-state index contributed by atoms with van der Waals surface area (Å²) >= 11 is 0. The van der Waals surface area contributed by atoms with E-state index in [1.54, 1.807) is 0 Å². The van der Waals surface area contributed by atoms with Crippen molar-refractivity contribution >= 4 is 11.8 Å². The average molecular weight is 304 g/mol. The molecule has 0 aliphatic rings. The van der Waals surface area contributed by atoms with Gasteiger partial charge in [-0.15, -0.1) is 0 Å². The summed E-state index contributed by atoms with van der Waals surface area (Å²) in [5, 5.41) is 8.55.